The van der Waals surface area contributed by atoms with Crippen LogP contribution in [0.2, 0.25) is 25.7 Å². The van der Waals surface area contributed by atoms with Crippen molar-refractivity contribution in [3.63, 3.8) is 0 Å². The van der Waals surface area contributed by atoms with Crippen LogP contribution < -0.4 is 0 Å². The second-order valence-electron chi connectivity index (χ2n) is 8.20. The van der Waals surface area contributed by atoms with Crippen molar-refractivity contribution in [2.75, 3.05) is 6.61 Å². The third kappa shape index (κ3) is 4.75. The Hall–Kier alpha value is -2.31. The van der Waals surface area contributed by atoms with Gasteiger partial charge in [0.2, 0.25) is 0 Å². The molecule has 1 heterocycles. The van der Waals surface area contributed by atoms with Crippen LogP contribution in [-0.4, -0.2) is 24.5 Å². The summed E-state index contributed by atoms with van der Waals surface area (Å²) in [5.74, 6) is -1.67. The molecule has 0 bridgehead atoms. The Kier molecular flexibility index (Phi) is 6.10. The smallest absolute Gasteiger partial charge is 0.167 e. The first-order valence-electron chi connectivity index (χ1n) is 9.42. The average molecular weight is 401 g/mol. The second kappa shape index (κ2) is 8.37. The van der Waals surface area contributed by atoms with Gasteiger partial charge in [0.25, 0.3) is 0 Å². The van der Waals surface area contributed by atoms with Crippen LogP contribution in [0.3, 0.4) is 0 Å². The molecule has 148 valence electrons. The molecule has 0 N–H and O–H groups in total. The number of nitrogens with zero attached hydrogens (tertiary/aromatic N) is 2. The Morgan fingerprint density at radius 2 is 1.68 bits per heavy atom. The fourth-order valence-corrected chi connectivity index (χ4v) is 3.64. The van der Waals surface area contributed by atoms with Gasteiger partial charge in [-0.3, -0.25) is 0 Å². The highest BCUT2D eigenvalue weighted by Crippen LogP contribution is 2.34. The van der Waals surface area contributed by atoms with E-state index in [1.807, 2.05) is 30.3 Å². The van der Waals surface area contributed by atoms with Crippen LogP contribution in [-0.2, 0) is 11.5 Å². The molecule has 0 spiro atoms. The van der Waals surface area contributed by atoms with Crippen molar-refractivity contribution in [1.82, 2.24) is 9.78 Å². The second-order valence-corrected chi connectivity index (χ2v) is 13.8. The SMILES string of the molecule is Cc1ccc(-c2cn(COCC[Si](C)(C)C)nc2-c2ccccc2)c(F)c1F. The molecule has 0 aliphatic carbocycles. The molecular weight excluding hydrogens is 374 g/mol. The molecule has 0 atom stereocenters. The zero-order valence-corrected chi connectivity index (χ0v) is 17.8. The standard InChI is InChI=1S/C22H26F2N2OSi/c1-16-10-11-18(21(24)20(16)23)19-14-26(15-27-12-13-28(2,3)4)25-22(19)17-8-6-5-7-9-17/h5-11,14H,12-13,15H2,1-4H3. The Morgan fingerprint density at radius 1 is 0.964 bits per heavy atom. The van der Waals surface area contributed by atoms with E-state index in [9.17, 15) is 8.78 Å². The molecule has 0 aliphatic heterocycles. The first-order chi connectivity index (χ1) is 13.3. The van der Waals surface area contributed by atoms with E-state index in [0.29, 0.717) is 17.9 Å². The van der Waals surface area contributed by atoms with Crippen LogP contribution in [0.25, 0.3) is 22.4 Å². The molecule has 28 heavy (non-hydrogen) atoms. The third-order valence-electron chi connectivity index (χ3n) is 4.59. The van der Waals surface area contributed by atoms with Crippen molar-refractivity contribution in [2.24, 2.45) is 0 Å². The Labute approximate surface area is 166 Å². The summed E-state index contributed by atoms with van der Waals surface area (Å²) in [4.78, 5) is 0. The van der Waals surface area contributed by atoms with Crippen LogP contribution in [0.4, 0.5) is 8.78 Å². The molecule has 0 fully saturated rings. The fraction of sp³-hybridized carbons (Fsp3) is 0.318. The average Bonchev–Trinajstić information content (AvgIpc) is 3.07. The van der Waals surface area contributed by atoms with Gasteiger partial charge in [-0.2, -0.15) is 5.10 Å². The van der Waals surface area contributed by atoms with Gasteiger partial charge in [0.1, 0.15) is 12.4 Å². The summed E-state index contributed by atoms with van der Waals surface area (Å²) < 4.78 is 36.2. The summed E-state index contributed by atoms with van der Waals surface area (Å²) in [6.45, 7) is 9.38. The minimum atomic E-state index is -1.17. The molecule has 3 aromatic rings. The lowest BCUT2D eigenvalue weighted by Crippen LogP contribution is -2.22. The number of aromatic nitrogens is 2. The van der Waals surface area contributed by atoms with Crippen LogP contribution in [0.15, 0.2) is 48.7 Å². The summed E-state index contributed by atoms with van der Waals surface area (Å²) in [6.07, 6.45) is 1.73. The maximum absolute atomic E-state index is 14.7. The predicted molar refractivity (Wildman–Crippen MR) is 112 cm³/mol. The van der Waals surface area contributed by atoms with E-state index in [4.69, 9.17) is 4.74 Å². The normalized spacial score (nSPS) is 11.8. The van der Waals surface area contributed by atoms with Crippen LogP contribution in [0, 0.1) is 18.6 Å². The maximum atomic E-state index is 14.7. The first kappa shape index (κ1) is 20.4. The van der Waals surface area contributed by atoms with Gasteiger partial charge >= 0.3 is 0 Å². The molecule has 0 unspecified atom stereocenters. The zero-order valence-electron chi connectivity index (χ0n) is 16.8. The van der Waals surface area contributed by atoms with Crippen molar-refractivity contribution in [3.05, 3.63) is 65.9 Å². The van der Waals surface area contributed by atoms with Crippen molar-refractivity contribution in [3.8, 4) is 22.4 Å². The number of ether oxygens (including phenoxy) is 1. The van der Waals surface area contributed by atoms with Crippen molar-refractivity contribution < 1.29 is 13.5 Å². The number of hydrogen-bond acceptors (Lipinski definition) is 2. The molecular formula is C22H26F2N2OSi. The van der Waals surface area contributed by atoms with E-state index in [0.717, 1.165) is 11.6 Å². The van der Waals surface area contributed by atoms with E-state index in [1.165, 1.54) is 0 Å². The zero-order chi connectivity index (χ0) is 20.3. The van der Waals surface area contributed by atoms with Gasteiger partial charge in [-0.05, 0) is 18.5 Å². The molecule has 0 amide bonds. The Morgan fingerprint density at radius 3 is 2.36 bits per heavy atom. The largest absolute Gasteiger partial charge is 0.360 e. The minimum absolute atomic E-state index is 0.204. The molecule has 0 saturated heterocycles. The molecule has 3 nitrogen and oxygen atoms in total. The Bertz CT molecular complexity index is 949. The van der Waals surface area contributed by atoms with Crippen LogP contribution in [0.1, 0.15) is 5.56 Å². The monoisotopic (exact) mass is 400 g/mol. The number of hydrogen-bond donors (Lipinski definition) is 0. The fourth-order valence-electron chi connectivity index (χ4n) is 2.88. The maximum Gasteiger partial charge on any atom is 0.167 e. The number of halogens is 2. The van der Waals surface area contributed by atoms with Gasteiger partial charge in [0.05, 0.1) is 0 Å². The van der Waals surface area contributed by atoms with Gasteiger partial charge in [0.15, 0.2) is 11.6 Å². The van der Waals surface area contributed by atoms with E-state index < -0.39 is 19.7 Å². The Balaban J connectivity index is 1.94. The lowest BCUT2D eigenvalue weighted by molar-refractivity contribution is 0.0788. The first-order valence-corrected chi connectivity index (χ1v) is 13.1. The van der Waals surface area contributed by atoms with Crippen molar-refractivity contribution in [1.29, 1.82) is 0 Å². The van der Waals surface area contributed by atoms with Gasteiger partial charge in [0, 0.05) is 37.6 Å². The van der Waals surface area contributed by atoms with E-state index in [-0.39, 0.29) is 17.9 Å². The summed E-state index contributed by atoms with van der Waals surface area (Å²) in [6, 6.07) is 13.8. The molecule has 0 radical (unpaired) electrons. The number of rotatable bonds is 7. The van der Waals surface area contributed by atoms with E-state index in [2.05, 4.69) is 24.7 Å². The van der Waals surface area contributed by atoms with E-state index in [1.54, 1.807) is 29.9 Å². The van der Waals surface area contributed by atoms with Crippen molar-refractivity contribution in [2.45, 2.75) is 39.3 Å². The minimum Gasteiger partial charge on any atom is -0.360 e. The molecule has 2 aromatic carbocycles. The molecule has 0 aliphatic rings. The third-order valence-corrected chi connectivity index (χ3v) is 6.30. The molecule has 1 aromatic heterocycles. The number of benzene rings is 2. The van der Waals surface area contributed by atoms with Crippen molar-refractivity contribution >= 4 is 8.07 Å². The quantitative estimate of drug-likeness (QED) is 0.353. The lowest BCUT2D eigenvalue weighted by Gasteiger charge is -2.15. The topological polar surface area (TPSA) is 27.1 Å². The van der Waals surface area contributed by atoms with Gasteiger partial charge < -0.3 is 4.74 Å². The summed E-state index contributed by atoms with van der Waals surface area (Å²) in [5.41, 5.74) is 2.49. The van der Waals surface area contributed by atoms with Crippen LogP contribution in [0.5, 0.6) is 0 Å². The highest BCUT2D eigenvalue weighted by Gasteiger charge is 2.19. The van der Waals surface area contributed by atoms with Crippen LogP contribution >= 0.6 is 0 Å². The lowest BCUT2D eigenvalue weighted by atomic mass is 10.00. The predicted octanol–water partition coefficient (Wildman–Crippen LogP) is 6.12. The summed E-state index contributed by atoms with van der Waals surface area (Å²) in [7, 11) is -1.17. The molecule has 0 saturated carbocycles. The highest BCUT2D eigenvalue weighted by atomic mass is 28.3. The van der Waals surface area contributed by atoms with Gasteiger partial charge in [-0.15, -0.1) is 0 Å². The summed E-state index contributed by atoms with van der Waals surface area (Å²) in [5, 5.41) is 4.60. The van der Waals surface area contributed by atoms with Gasteiger partial charge in [-0.1, -0.05) is 62.1 Å². The molecule has 6 heteroatoms. The van der Waals surface area contributed by atoms with E-state index >= 15 is 0 Å². The summed E-state index contributed by atoms with van der Waals surface area (Å²) >= 11 is 0. The highest BCUT2D eigenvalue weighted by molar-refractivity contribution is 6.76. The van der Waals surface area contributed by atoms with Gasteiger partial charge in [-0.25, -0.2) is 13.5 Å². The molecule has 3 rings (SSSR count). The number of aryl methyl sites for hydroxylation is 1.